The van der Waals surface area contributed by atoms with E-state index in [1.165, 1.54) is 43.1 Å². The summed E-state index contributed by atoms with van der Waals surface area (Å²) in [6, 6.07) is 8.75. The van der Waals surface area contributed by atoms with Crippen LogP contribution in [0.15, 0.2) is 41.8 Å². The van der Waals surface area contributed by atoms with Gasteiger partial charge in [0.2, 0.25) is 5.91 Å². The Kier molecular flexibility index (Phi) is 4.47. The molecule has 1 aliphatic heterocycles. The Morgan fingerprint density at radius 3 is 2.67 bits per heavy atom. The van der Waals surface area contributed by atoms with Crippen LogP contribution in [-0.2, 0) is 4.79 Å². The summed E-state index contributed by atoms with van der Waals surface area (Å²) in [5.41, 5.74) is 2.10. The van der Waals surface area contributed by atoms with Gasteiger partial charge in [0.25, 0.3) is 0 Å². The molecular weight excluding hydrogens is 320 g/mol. The van der Waals surface area contributed by atoms with Gasteiger partial charge in [-0.15, -0.1) is 0 Å². The molecule has 1 amide bonds. The average Bonchev–Trinajstić information content (AvgIpc) is 3.11. The fourth-order valence-corrected chi connectivity index (χ4v) is 3.93. The van der Waals surface area contributed by atoms with Crippen LogP contribution >= 0.6 is 11.8 Å². The van der Waals surface area contributed by atoms with E-state index in [2.05, 4.69) is 31.9 Å². The van der Waals surface area contributed by atoms with Crippen molar-refractivity contribution in [2.75, 3.05) is 29.1 Å². The van der Waals surface area contributed by atoms with Crippen molar-refractivity contribution in [3.05, 3.63) is 36.7 Å². The maximum atomic E-state index is 12.2. The summed E-state index contributed by atoms with van der Waals surface area (Å²) in [5.74, 6) is 0.400. The predicted octanol–water partition coefficient (Wildman–Crippen LogP) is 3.55. The molecule has 1 saturated carbocycles. The van der Waals surface area contributed by atoms with Gasteiger partial charge in [0.05, 0.1) is 5.75 Å². The van der Waals surface area contributed by atoms with Gasteiger partial charge < -0.3 is 14.8 Å². The van der Waals surface area contributed by atoms with Crippen molar-refractivity contribution in [3.8, 4) is 0 Å². The van der Waals surface area contributed by atoms with E-state index in [4.69, 9.17) is 0 Å². The number of hydrogen-bond donors (Lipinski definition) is 1. The molecule has 1 N–H and O–H groups in total. The number of aromatic nitrogens is 2. The molecule has 1 aromatic heterocycles. The molecule has 0 atom stereocenters. The fraction of sp³-hybridized carbons (Fsp3) is 0.444. The van der Waals surface area contributed by atoms with Crippen LogP contribution in [0, 0.1) is 0 Å². The van der Waals surface area contributed by atoms with Crippen molar-refractivity contribution in [3.63, 3.8) is 0 Å². The number of imidazole rings is 1. The van der Waals surface area contributed by atoms with Crippen LogP contribution in [0.5, 0.6) is 0 Å². The van der Waals surface area contributed by atoms with Crippen molar-refractivity contribution >= 4 is 29.0 Å². The Bertz CT molecular complexity index is 702. The number of benzene rings is 1. The number of carbonyl (C=O) groups excluding carboxylic acids is 1. The first kappa shape index (κ1) is 15.6. The van der Waals surface area contributed by atoms with Gasteiger partial charge in [-0.25, -0.2) is 4.98 Å². The van der Waals surface area contributed by atoms with Crippen LogP contribution in [0.1, 0.15) is 31.7 Å². The van der Waals surface area contributed by atoms with E-state index in [-0.39, 0.29) is 5.91 Å². The second kappa shape index (κ2) is 6.89. The summed E-state index contributed by atoms with van der Waals surface area (Å²) in [6.07, 6.45) is 8.81. The van der Waals surface area contributed by atoms with E-state index in [1.807, 2.05) is 24.5 Å². The molecule has 6 heteroatoms. The number of thioether (sulfide) groups is 1. The molecule has 1 aromatic carbocycles. The van der Waals surface area contributed by atoms with E-state index in [0.717, 1.165) is 23.9 Å². The smallest absolute Gasteiger partial charge is 0.234 e. The third-order valence-corrected chi connectivity index (χ3v) is 5.51. The molecule has 2 fully saturated rings. The lowest BCUT2D eigenvalue weighted by atomic mass is 10.2. The molecule has 4 rings (SSSR count). The summed E-state index contributed by atoms with van der Waals surface area (Å²) in [4.78, 5) is 18.9. The normalized spacial score (nSPS) is 17.2. The lowest BCUT2D eigenvalue weighted by molar-refractivity contribution is -0.113. The molecule has 1 aliphatic carbocycles. The van der Waals surface area contributed by atoms with Crippen LogP contribution in [-0.4, -0.2) is 34.3 Å². The topological polar surface area (TPSA) is 50.2 Å². The van der Waals surface area contributed by atoms with Crippen molar-refractivity contribution in [2.24, 2.45) is 0 Å². The lowest BCUT2D eigenvalue weighted by Crippen LogP contribution is -2.18. The number of rotatable bonds is 6. The van der Waals surface area contributed by atoms with Crippen LogP contribution in [0.25, 0.3) is 0 Å². The molecule has 24 heavy (non-hydrogen) atoms. The summed E-state index contributed by atoms with van der Waals surface area (Å²) in [7, 11) is 0. The molecule has 126 valence electrons. The first-order valence-electron chi connectivity index (χ1n) is 8.60. The minimum atomic E-state index is 0.0132. The van der Waals surface area contributed by atoms with Crippen molar-refractivity contribution in [1.29, 1.82) is 0 Å². The summed E-state index contributed by atoms with van der Waals surface area (Å²) in [5, 5.41) is 3.91. The van der Waals surface area contributed by atoms with Gasteiger partial charge in [-0.05, 0) is 49.9 Å². The van der Waals surface area contributed by atoms with Gasteiger partial charge in [0.15, 0.2) is 5.16 Å². The standard InChI is InChI=1S/C18H22N4OS/c23-17(13-24-18-19-9-12-22(18)16-7-8-16)20-14-3-5-15(6-4-14)21-10-1-2-11-21/h3-6,9,12,16H,1-2,7-8,10-11,13H2,(H,20,23). The van der Waals surface area contributed by atoms with Crippen molar-refractivity contribution in [2.45, 2.75) is 36.9 Å². The third kappa shape index (κ3) is 3.59. The zero-order valence-corrected chi connectivity index (χ0v) is 14.5. The zero-order chi connectivity index (χ0) is 16.4. The maximum Gasteiger partial charge on any atom is 0.234 e. The summed E-state index contributed by atoms with van der Waals surface area (Å²) >= 11 is 1.50. The van der Waals surface area contributed by atoms with E-state index in [9.17, 15) is 4.79 Å². The first-order valence-corrected chi connectivity index (χ1v) is 9.59. The van der Waals surface area contributed by atoms with Gasteiger partial charge in [-0.3, -0.25) is 4.79 Å². The molecule has 2 aromatic rings. The highest BCUT2D eigenvalue weighted by atomic mass is 32.2. The van der Waals surface area contributed by atoms with E-state index < -0.39 is 0 Å². The molecule has 2 heterocycles. The Hall–Kier alpha value is -1.95. The van der Waals surface area contributed by atoms with Gasteiger partial charge in [0, 0.05) is 42.9 Å². The number of amides is 1. The second-order valence-corrected chi connectivity index (χ2v) is 7.37. The molecule has 0 radical (unpaired) electrons. The largest absolute Gasteiger partial charge is 0.372 e. The highest BCUT2D eigenvalue weighted by Crippen LogP contribution is 2.37. The van der Waals surface area contributed by atoms with Crippen LogP contribution in [0.2, 0.25) is 0 Å². The van der Waals surface area contributed by atoms with Crippen molar-refractivity contribution in [1.82, 2.24) is 9.55 Å². The van der Waals surface area contributed by atoms with Crippen LogP contribution in [0.4, 0.5) is 11.4 Å². The van der Waals surface area contributed by atoms with Crippen LogP contribution in [0.3, 0.4) is 0 Å². The Balaban J connectivity index is 1.30. The Morgan fingerprint density at radius 1 is 1.21 bits per heavy atom. The van der Waals surface area contributed by atoms with Gasteiger partial charge in [-0.2, -0.15) is 0 Å². The quantitative estimate of drug-likeness (QED) is 0.816. The number of carbonyl (C=O) groups is 1. The molecule has 0 spiro atoms. The number of nitrogens with zero attached hydrogens (tertiary/aromatic N) is 3. The van der Waals surface area contributed by atoms with E-state index in [0.29, 0.717) is 11.8 Å². The lowest BCUT2D eigenvalue weighted by Gasteiger charge is -2.17. The average molecular weight is 342 g/mol. The fourth-order valence-electron chi connectivity index (χ4n) is 3.10. The Morgan fingerprint density at radius 2 is 1.96 bits per heavy atom. The van der Waals surface area contributed by atoms with Crippen molar-refractivity contribution < 1.29 is 4.79 Å². The number of hydrogen-bond acceptors (Lipinski definition) is 4. The van der Waals surface area contributed by atoms with Gasteiger partial charge in [-0.1, -0.05) is 11.8 Å². The van der Waals surface area contributed by atoms with E-state index in [1.54, 1.807) is 0 Å². The monoisotopic (exact) mass is 342 g/mol. The maximum absolute atomic E-state index is 12.2. The summed E-state index contributed by atoms with van der Waals surface area (Å²) < 4.78 is 2.18. The first-order chi connectivity index (χ1) is 11.8. The number of nitrogens with one attached hydrogen (secondary N) is 1. The molecule has 2 aliphatic rings. The minimum absolute atomic E-state index is 0.0132. The zero-order valence-electron chi connectivity index (χ0n) is 13.6. The highest BCUT2D eigenvalue weighted by Gasteiger charge is 2.25. The summed E-state index contributed by atoms with van der Waals surface area (Å²) in [6.45, 7) is 2.27. The van der Waals surface area contributed by atoms with Crippen LogP contribution < -0.4 is 10.2 Å². The molecule has 0 unspecified atom stereocenters. The third-order valence-electron chi connectivity index (χ3n) is 4.53. The molecular formula is C18H22N4OS. The highest BCUT2D eigenvalue weighted by molar-refractivity contribution is 7.99. The molecule has 5 nitrogen and oxygen atoms in total. The van der Waals surface area contributed by atoms with Gasteiger partial charge in [0.1, 0.15) is 0 Å². The SMILES string of the molecule is O=C(CSc1nccn1C1CC1)Nc1ccc(N2CCCC2)cc1. The Labute approximate surface area is 146 Å². The molecule has 1 saturated heterocycles. The molecule has 0 bridgehead atoms. The van der Waals surface area contributed by atoms with E-state index >= 15 is 0 Å². The number of anilines is 2. The predicted molar refractivity (Wildman–Crippen MR) is 97.7 cm³/mol. The van der Waals surface area contributed by atoms with Gasteiger partial charge >= 0.3 is 0 Å². The minimum Gasteiger partial charge on any atom is -0.372 e. The second-order valence-electron chi connectivity index (χ2n) is 6.43.